The maximum atomic E-state index is 12.8. The molecule has 10 heteroatoms. The normalized spacial score (nSPS) is 17.4. The van der Waals surface area contributed by atoms with Gasteiger partial charge in [-0.1, -0.05) is 12.1 Å². The van der Waals surface area contributed by atoms with Crippen LogP contribution < -0.4 is 22.2 Å². The molecule has 1 aliphatic rings. The first-order chi connectivity index (χ1) is 14.8. The zero-order valence-corrected chi connectivity index (χ0v) is 17.0. The third-order valence-corrected chi connectivity index (χ3v) is 4.86. The summed E-state index contributed by atoms with van der Waals surface area (Å²) >= 11 is 0. The molecule has 3 rings (SSSR count). The Morgan fingerprint density at radius 1 is 1.19 bits per heavy atom. The molecule has 1 unspecified atom stereocenters. The highest BCUT2D eigenvalue weighted by molar-refractivity contribution is 6.02. The van der Waals surface area contributed by atoms with Crippen LogP contribution in [0.15, 0.2) is 53.6 Å². The summed E-state index contributed by atoms with van der Waals surface area (Å²) in [6.45, 7) is 2.64. The number of nitrogens with two attached hydrogens (primary N) is 2. The Labute approximate surface area is 179 Å². The standard InChI is InChI=1S/C21H27F3N6O/c22-21(23,24)15-7-9-16(10-8-15)28-19-6-2-1-5-18(19)20(25)29-30(26)12-13-31-17-4-3-11-27-14-17/h1-2,5-10,17,27-28H,3-4,11-14,26H2,(H2,25,29). The molecule has 1 fully saturated rings. The van der Waals surface area contributed by atoms with E-state index >= 15 is 0 Å². The maximum Gasteiger partial charge on any atom is 0.416 e. The van der Waals surface area contributed by atoms with Crippen molar-refractivity contribution in [1.29, 1.82) is 0 Å². The molecule has 168 valence electrons. The summed E-state index contributed by atoms with van der Waals surface area (Å²) in [4.78, 5) is 0. The predicted molar refractivity (Wildman–Crippen MR) is 115 cm³/mol. The molecule has 0 spiro atoms. The summed E-state index contributed by atoms with van der Waals surface area (Å²) < 4.78 is 44.0. The third-order valence-electron chi connectivity index (χ3n) is 4.86. The first-order valence-corrected chi connectivity index (χ1v) is 10.1. The van der Waals surface area contributed by atoms with E-state index in [9.17, 15) is 13.2 Å². The van der Waals surface area contributed by atoms with Gasteiger partial charge in [0, 0.05) is 23.5 Å². The fourth-order valence-corrected chi connectivity index (χ4v) is 3.23. The highest BCUT2D eigenvalue weighted by Crippen LogP contribution is 2.30. The van der Waals surface area contributed by atoms with Crippen molar-refractivity contribution in [2.45, 2.75) is 25.1 Å². The van der Waals surface area contributed by atoms with Gasteiger partial charge in [0.2, 0.25) is 0 Å². The first-order valence-electron chi connectivity index (χ1n) is 10.1. The van der Waals surface area contributed by atoms with Gasteiger partial charge >= 0.3 is 6.18 Å². The minimum atomic E-state index is -4.38. The monoisotopic (exact) mass is 436 g/mol. The molecule has 1 heterocycles. The highest BCUT2D eigenvalue weighted by Gasteiger charge is 2.29. The van der Waals surface area contributed by atoms with Gasteiger partial charge in [-0.15, -0.1) is 5.10 Å². The summed E-state index contributed by atoms with van der Waals surface area (Å²) in [5.74, 6) is 6.11. The predicted octanol–water partition coefficient (Wildman–Crippen LogP) is 3.01. The molecular formula is C21H27F3N6O. The molecule has 1 saturated heterocycles. The van der Waals surface area contributed by atoms with Crippen LogP contribution in [-0.4, -0.2) is 43.3 Å². The van der Waals surface area contributed by atoms with Crippen LogP contribution in [0.2, 0.25) is 0 Å². The van der Waals surface area contributed by atoms with E-state index in [0.717, 1.165) is 38.1 Å². The number of alkyl halides is 3. The minimum absolute atomic E-state index is 0.178. The Morgan fingerprint density at radius 2 is 1.94 bits per heavy atom. The Balaban J connectivity index is 1.61. The lowest BCUT2D eigenvalue weighted by Crippen LogP contribution is -2.38. The van der Waals surface area contributed by atoms with E-state index < -0.39 is 11.7 Å². The van der Waals surface area contributed by atoms with Crippen molar-refractivity contribution in [3.63, 3.8) is 0 Å². The number of amidine groups is 1. The Morgan fingerprint density at radius 3 is 2.61 bits per heavy atom. The smallest absolute Gasteiger partial charge is 0.382 e. The van der Waals surface area contributed by atoms with Gasteiger partial charge in [0.1, 0.15) is 0 Å². The topological polar surface area (TPSA) is 101 Å². The fourth-order valence-electron chi connectivity index (χ4n) is 3.23. The van der Waals surface area contributed by atoms with Gasteiger partial charge in [-0.2, -0.15) is 13.2 Å². The maximum absolute atomic E-state index is 12.8. The number of para-hydroxylation sites is 1. The van der Waals surface area contributed by atoms with Gasteiger partial charge < -0.3 is 21.1 Å². The van der Waals surface area contributed by atoms with Gasteiger partial charge in [0.15, 0.2) is 5.84 Å². The lowest BCUT2D eigenvalue weighted by molar-refractivity contribution is -0.137. The van der Waals surface area contributed by atoms with Crippen LogP contribution in [0.5, 0.6) is 0 Å². The Hall–Kier alpha value is -2.82. The summed E-state index contributed by atoms with van der Waals surface area (Å²) in [6.07, 6.45) is -2.09. The van der Waals surface area contributed by atoms with E-state index in [1.165, 1.54) is 17.3 Å². The van der Waals surface area contributed by atoms with E-state index in [4.69, 9.17) is 16.3 Å². The molecule has 0 aliphatic carbocycles. The summed E-state index contributed by atoms with van der Waals surface area (Å²) in [7, 11) is 0. The van der Waals surface area contributed by atoms with E-state index in [1.807, 2.05) is 0 Å². The molecule has 0 aromatic heterocycles. The Bertz CT molecular complexity index is 866. The number of halogens is 3. The number of nitrogens with one attached hydrogen (secondary N) is 2. The quantitative estimate of drug-likeness (QED) is 0.220. The molecule has 31 heavy (non-hydrogen) atoms. The van der Waals surface area contributed by atoms with Gasteiger partial charge in [0.25, 0.3) is 0 Å². The summed E-state index contributed by atoms with van der Waals surface area (Å²) in [5.41, 5.74) is 7.09. The largest absolute Gasteiger partial charge is 0.416 e. The molecule has 2 aromatic rings. The van der Waals surface area contributed by atoms with Crippen molar-refractivity contribution >= 4 is 17.2 Å². The number of hydrazine groups is 1. The number of ether oxygens (including phenoxy) is 1. The molecule has 1 atom stereocenters. The molecule has 0 saturated carbocycles. The van der Waals surface area contributed by atoms with Crippen LogP contribution in [-0.2, 0) is 10.9 Å². The number of piperidine rings is 1. The summed E-state index contributed by atoms with van der Waals surface area (Å²) in [5, 5.41) is 11.8. The van der Waals surface area contributed by atoms with E-state index in [1.54, 1.807) is 24.3 Å². The zero-order valence-electron chi connectivity index (χ0n) is 17.0. The molecule has 6 N–H and O–H groups in total. The molecule has 7 nitrogen and oxygen atoms in total. The van der Waals surface area contributed by atoms with Crippen molar-refractivity contribution in [3.05, 3.63) is 59.7 Å². The number of hydrogen-bond donors (Lipinski definition) is 4. The number of rotatable bonds is 8. The van der Waals surface area contributed by atoms with Crippen molar-refractivity contribution in [3.8, 4) is 0 Å². The zero-order chi connectivity index (χ0) is 22.3. The van der Waals surface area contributed by atoms with Crippen LogP contribution in [0.4, 0.5) is 24.5 Å². The van der Waals surface area contributed by atoms with E-state index in [2.05, 4.69) is 15.7 Å². The second-order valence-electron chi connectivity index (χ2n) is 7.23. The molecule has 0 amide bonds. The van der Waals surface area contributed by atoms with Crippen LogP contribution in [0, 0.1) is 0 Å². The van der Waals surface area contributed by atoms with Crippen LogP contribution >= 0.6 is 0 Å². The van der Waals surface area contributed by atoms with E-state index in [0.29, 0.717) is 30.1 Å². The number of benzene rings is 2. The first kappa shape index (κ1) is 22.9. The average Bonchev–Trinajstić information content (AvgIpc) is 2.74. The molecule has 0 radical (unpaired) electrons. The third kappa shape index (κ3) is 6.84. The second-order valence-corrected chi connectivity index (χ2v) is 7.23. The second kappa shape index (κ2) is 10.5. The van der Waals surface area contributed by atoms with Gasteiger partial charge in [-0.25, -0.2) is 11.0 Å². The lowest BCUT2D eigenvalue weighted by atomic mass is 10.1. The number of hydrazone groups is 1. The number of nitrogens with zero attached hydrogens (tertiary/aromatic N) is 2. The van der Waals surface area contributed by atoms with Crippen LogP contribution in [0.1, 0.15) is 24.0 Å². The lowest BCUT2D eigenvalue weighted by Gasteiger charge is -2.24. The minimum Gasteiger partial charge on any atom is -0.382 e. The summed E-state index contributed by atoms with van der Waals surface area (Å²) in [6, 6.07) is 11.8. The van der Waals surface area contributed by atoms with Gasteiger partial charge in [-0.3, -0.25) is 0 Å². The SMILES string of the molecule is N/C(=N\N(N)CCOC1CCCNC1)c1ccccc1Nc1ccc(C(F)(F)F)cc1. The number of hydrogen-bond acceptors (Lipinski definition) is 6. The number of anilines is 2. The highest BCUT2D eigenvalue weighted by atomic mass is 19.4. The molecule has 1 aliphatic heterocycles. The van der Waals surface area contributed by atoms with Crippen molar-refractivity contribution in [2.24, 2.45) is 16.7 Å². The van der Waals surface area contributed by atoms with Crippen molar-refractivity contribution < 1.29 is 17.9 Å². The average molecular weight is 436 g/mol. The molecular weight excluding hydrogens is 409 g/mol. The van der Waals surface area contributed by atoms with E-state index in [-0.39, 0.29) is 11.9 Å². The van der Waals surface area contributed by atoms with Gasteiger partial charge in [0.05, 0.1) is 24.8 Å². The van der Waals surface area contributed by atoms with Crippen molar-refractivity contribution in [1.82, 2.24) is 10.4 Å². The van der Waals surface area contributed by atoms with Crippen LogP contribution in [0.25, 0.3) is 0 Å². The Kier molecular flexibility index (Phi) is 7.72. The fraction of sp³-hybridized carbons (Fsp3) is 0.381. The van der Waals surface area contributed by atoms with Crippen LogP contribution in [0.3, 0.4) is 0 Å². The van der Waals surface area contributed by atoms with Gasteiger partial charge in [-0.05, 0) is 55.8 Å². The molecule has 2 aromatic carbocycles. The van der Waals surface area contributed by atoms with Crippen molar-refractivity contribution in [2.75, 3.05) is 31.6 Å². The molecule has 0 bridgehead atoms.